The maximum atomic E-state index is 11.9. The molecule has 1 heterocycles. The minimum Gasteiger partial charge on any atom is -0.481 e. The number of hydrogen-bond donors (Lipinski definition) is 4. The van der Waals surface area contributed by atoms with E-state index < -0.39 is 11.9 Å². The number of rotatable bonds is 10. The molecule has 0 radical (unpaired) electrons. The zero-order chi connectivity index (χ0) is 32.4. The molecule has 1 aromatic heterocycles. The van der Waals surface area contributed by atoms with Crippen LogP contribution in [0.15, 0.2) is 52.9 Å². The van der Waals surface area contributed by atoms with Crippen molar-refractivity contribution in [2.75, 3.05) is 6.54 Å². The summed E-state index contributed by atoms with van der Waals surface area (Å²) in [5.74, 6) is 0.124. The molecule has 0 spiro atoms. The van der Waals surface area contributed by atoms with Gasteiger partial charge in [-0.15, -0.1) is 0 Å². The van der Waals surface area contributed by atoms with Gasteiger partial charge in [0.25, 0.3) is 11.8 Å². The van der Waals surface area contributed by atoms with Gasteiger partial charge < -0.3 is 25.9 Å². The number of amides is 2. The molecule has 238 valence electrons. The van der Waals surface area contributed by atoms with Gasteiger partial charge in [-0.05, 0) is 104 Å². The van der Waals surface area contributed by atoms with Gasteiger partial charge in [0, 0.05) is 31.1 Å². The lowest BCUT2D eigenvalue weighted by Gasteiger charge is -2.37. The molecular formula is C36H49N3O5. The molecule has 0 aliphatic heterocycles. The molecule has 0 unspecified atom stereocenters. The summed E-state index contributed by atoms with van der Waals surface area (Å²) in [5.41, 5.74) is 12.3. The number of benzene rings is 2. The molecule has 5 N–H and O–H groups in total. The summed E-state index contributed by atoms with van der Waals surface area (Å²) in [6, 6.07) is 15.8. The summed E-state index contributed by atoms with van der Waals surface area (Å²) in [6.45, 7) is 14.2. The molecule has 2 aromatic carbocycles. The third-order valence-corrected chi connectivity index (χ3v) is 8.48. The van der Waals surface area contributed by atoms with Crippen LogP contribution in [0.3, 0.4) is 0 Å². The van der Waals surface area contributed by atoms with E-state index in [1.165, 1.54) is 47.9 Å². The Morgan fingerprint density at radius 2 is 1.55 bits per heavy atom. The van der Waals surface area contributed by atoms with Crippen LogP contribution in [0, 0.1) is 32.1 Å². The van der Waals surface area contributed by atoms with Crippen LogP contribution in [0.2, 0.25) is 0 Å². The molecule has 1 saturated carbocycles. The number of carbonyl (C=O) groups excluding carboxylic acids is 2. The fraction of sp³-hybridized carbons (Fsp3) is 0.472. The molecule has 0 saturated heterocycles. The summed E-state index contributed by atoms with van der Waals surface area (Å²) in [7, 11) is 0. The monoisotopic (exact) mass is 603 g/mol. The Labute approximate surface area is 261 Å². The van der Waals surface area contributed by atoms with Gasteiger partial charge in [0.15, 0.2) is 5.76 Å². The number of primary amides is 1. The highest BCUT2D eigenvalue weighted by molar-refractivity contribution is 5.94. The lowest BCUT2D eigenvalue weighted by Crippen LogP contribution is -2.35. The Hall–Kier alpha value is -3.91. The molecule has 44 heavy (non-hydrogen) atoms. The molecule has 4 rings (SSSR count). The third-order valence-electron chi connectivity index (χ3n) is 8.48. The Balaban J connectivity index is 0.000000257. The Bertz CT molecular complexity index is 1390. The first-order chi connectivity index (χ1) is 20.7. The summed E-state index contributed by atoms with van der Waals surface area (Å²) in [4.78, 5) is 33.4. The standard InChI is InChI=1S/C21H32N2O3.C15H17NO2/c1-21(2,3)17-8-10-18(11-9-17)23-14-15-4-6-16(7-5-15)20(26)22-13-12-19(24)25;1-9-6-10(2)13(11(3)7-9)8-12-4-5-14(18-12)15(16)17/h4-7,17-18,23H,8-14H2,1-3H3,(H,22,26)(H,24,25);4-7H,8H2,1-3H3,(H2,16,17). The van der Waals surface area contributed by atoms with Crippen molar-refractivity contribution >= 4 is 17.8 Å². The fourth-order valence-corrected chi connectivity index (χ4v) is 5.85. The minimum atomic E-state index is -0.914. The lowest BCUT2D eigenvalue weighted by atomic mass is 9.71. The van der Waals surface area contributed by atoms with Crippen molar-refractivity contribution in [3.63, 3.8) is 0 Å². The van der Waals surface area contributed by atoms with Crippen LogP contribution in [0.1, 0.15) is 107 Å². The molecule has 2 amide bonds. The van der Waals surface area contributed by atoms with E-state index >= 15 is 0 Å². The van der Waals surface area contributed by atoms with E-state index in [-0.39, 0.29) is 24.6 Å². The van der Waals surface area contributed by atoms with Crippen molar-refractivity contribution in [3.05, 3.63) is 93.4 Å². The second-order valence-electron chi connectivity index (χ2n) is 13.1. The van der Waals surface area contributed by atoms with Crippen molar-refractivity contribution < 1.29 is 23.9 Å². The average Bonchev–Trinajstić information content (AvgIpc) is 3.43. The number of nitrogens with two attached hydrogens (primary N) is 1. The Morgan fingerprint density at radius 1 is 0.932 bits per heavy atom. The predicted molar refractivity (Wildman–Crippen MR) is 174 cm³/mol. The van der Waals surface area contributed by atoms with Gasteiger partial charge in [0.2, 0.25) is 0 Å². The van der Waals surface area contributed by atoms with E-state index in [4.69, 9.17) is 15.3 Å². The number of hydrogen-bond acceptors (Lipinski definition) is 5. The van der Waals surface area contributed by atoms with Crippen LogP contribution in [0.4, 0.5) is 0 Å². The largest absolute Gasteiger partial charge is 0.481 e. The van der Waals surface area contributed by atoms with E-state index in [0.717, 1.165) is 23.8 Å². The summed E-state index contributed by atoms with van der Waals surface area (Å²) >= 11 is 0. The molecule has 8 heteroatoms. The topological polar surface area (TPSA) is 135 Å². The molecule has 1 fully saturated rings. The van der Waals surface area contributed by atoms with Crippen LogP contribution in [-0.4, -0.2) is 35.5 Å². The summed E-state index contributed by atoms with van der Waals surface area (Å²) in [6.07, 6.45) is 5.65. The van der Waals surface area contributed by atoms with E-state index in [1.54, 1.807) is 24.3 Å². The van der Waals surface area contributed by atoms with Gasteiger partial charge in [0.1, 0.15) is 5.76 Å². The third kappa shape index (κ3) is 10.7. The van der Waals surface area contributed by atoms with Gasteiger partial charge in [-0.2, -0.15) is 0 Å². The number of furan rings is 1. The number of aliphatic carboxylic acids is 1. The van der Waals surface area contributed by atoms with E-state index in [0.29, 0.717) is 23.4 Å². The first kappa shape index (κ1) is 34.6. The quantitative estimate of drug-likeness (QED) is 0.210. The van der Waals surface area contributed by atoms with Gasteiger partial charge in [-0.25, -0.2) is 0 Å². The van der Waals surface area contributed by atoms with Gasteiger partial charge in [0.05, 0.1) is 6.42 Å². The Morgan fingerprint density at radius 3 is 2.07 bits per heavy atom. The van der Waals surface area contributed by atoms with Crippen LogP contribution in [0.25, 0.3) is 0 Å². The van der Waals surface area contributed by atoms with Crippen LogP contribution >= 0.6 is 0 Å². The van der Waals surface area contributed by atoms with Gasteiger partial charge in [-0.3, -0.25) is 14.4 Å². The highest BCUT2D eigenvalue weighted by Gasteiger charge is 2.29. The molecule has 3 aromatic rings. The number of nitrogens with one attached hydrogen (secondary N) is 2. The first-order valence-corrected chi connectivity index (χ1v) is 15.5. The van der Waals surface area contributed by atoms with Crippen molar-refractivity contribution in [1.82, 2.24) is 10.6 Å². The van der Waals surface area contributed by atoms with Gasteiger partial charge in [-0.1, -0.05) is 50.6 Å². The van der Waals surface area contributed by atoms with Crippen molar-refractivity contribution in [2.45, 2.75) is 92.7 Å². The number of carboxylic acid groups (broad SMARTS) is 1. The van der Waals surface area contributed by atoms with E-state index in [1.807, 2.05) is 12.1 Å². The molecular weight excluding hydrogens is 554 g/mol. The Kier molecular flexibility index (Phi) is 12.3. The predicted octanol–water partition coefficient (Wildman–Crippen LogP) is 6.48. The zero-order valence-corrected chi connectivity index (χ0v) is 27.1. The van der Waals surface area contributed by atoms with Gasteiger partial charge >= 0.3 is 5.97 Å². The summed E-state index contributed by atoms with van der Waals surface area (Å²) in [5, 5.41) is 14.8. The highest BCUT2D eigenvalue weighted by atomic mass is 16.4. The number of carbonyl (C=O) groups is 3. The molecule has 0 atom stereocenters. The van der Waals surface area contributed by atoms with Crippen LogP contribution in [-0.2, 0) is 17.8 Å². The number of aryl methyl sites for hydroxylation is 3. The molecule has 1 aliphatic carbocycles. The number of carboxylic acids is 1. The van der Waals surface area contributed by atoms with E-state index in [9.17, 15) is 14.4 Å². The molecule has 1 aliphatic rings. The van der Waals surface area contributed by atoms with Crippen molar-refractivity contribution in [3.8, 4) is 0 Å². The second-order valence-corrected chi connectivity index (χ2v) is 13.1. The first-order valence-electron chi connectivity index (χ1n) is 15.5. The second kappa shape index (κ2) is 15.7. The fourth-order valence-electron chi connectivity index (χ4n) is 5.85. The maximum absolute atomic E-state index is 11.9. The maximum Gasteiger partial charge on any atom is 0.305 e. The van der Waals surface area contributed by atoms with Crippen molar-refractivity contribution in [1.29, 1.82) is 0 Å². The molecule has 8 nitrogen and oxygen atoms in total. The smallest absolute Gasteiger partial charge is 0.305 e. The summed E-state index contributed by atoms with van der Waals surface area (Å²) < 4.78 is 5.41. The van der Waals surface area contributed by atoms with Crippen LogP contribution in [0.5, 0.6) is 0 Å². The SMILES string of the molecule is CC(C)(C)C1CCC(NCc2ccc(C(=O)NCCC(=O)O)cc2)CC1.Cc1cc(C)c(Cc2ccc(C(N)=O)o2)c(C)c1. The normalized spacial score (nSPS) is 16.5. The van der Waals surface area contributed by atoms with Crippen LogP contribution < -0.4 is 16.4 Å². The minimum absolute atomic E-state index is 0.0643. The van der Waals surface area contributed by atoms with Crippen molar-refractivity contribution in [2.24, 2.45) is 17.1 Å². The lowest BCUT2D eigenvalue weighted by molar-refractivity contribution is -0.136. The average molecular weight is 604 g/mol. The van der Waals surface area contributed by atoms with E-state index in [2.05, 4.69) is 64.3 Å². The zero-order valence-electron chi connectivity index (χ0n) is 27.1. The molecule has 0 bridgehead atoms. The highest BCUT2D eigenvalue weighted by Crippen LogP contribution is 2.37.